The number of carbonyl (C=O) groups is 1. The van der Waals surface area contributed by atoms with Crippen LogP contribution in [0.2, 0.25) is 0 Å². The number of aromatic nitrogens is 1. The molecule has 1 aliphatic carbocycles. The molecule has 28 heavy (non-hydrogen) atoms. The lowest BCUT2D eigenvalue weighted by Gasteiger charge is -2.31. The lowest BCUT2D eigenvalue weighted by Crippen LogP contribution is -2.47. The summed E-state index contributed by atoms with van der Waals surface area (Å²) in [6.45, 7) is 8.20. The molecule has 9 heteroatoms. The summed E-state index contributed by atoms with van der Waals surface area (Å²) in [5.74, 6) is 1.54. The molecule has 0 saturated heterocycles. The number of rotatable bonds is 5. The summed E-state index contributed by atoms with van der Waals surface area (Å²) < 4.78 is 10.6. The van der Waals surface area contributed by atoms with Gasteiger partial charge in [0, 0.05) is 25.2 Å². The fourth-order valence-corrected chi connectivity index (χ4v) is 3.02. The number of nitrogens with zero attached hydrogens (tertiary/aromatic N) is 2. The number of hydrogen-bond donors (Lipinski definition) is 3. The Labute approximate surface area is 184 Å². The van der Waals surface area contributed by atoms with Crippen molar-refractivity contribution in [2.24, 2.45) is 4.99 Å². The minimum absolute atomic E-state index is 0. The zero-order chi connectivity index (χ0) is 19.9. The second-order valence-corrected chi connectivity index (χ2v) is 7.90. The molecule has 3 N–H and O–H groups in total. The Hall–Kier alpha value is -1.52. The smallest absolute Gasteiger partial charge is 0.407 e. The number of halogens is 1. The maximum Gasteiger partial charge on any atom is 0.407 e. The van der Waals surface area contributed by atoms with Crippen LogP contribution >= 0.6 is 24.0 Å². The molecule has 1 aromatic heterocycles. The number of carbonyl (C=O) groups excluding carboxylic acids is 1. The van der Waals surface area contributed by atoms with E-state index in [4.69, 9.17) is 9.26 Å². The number of alkyl carbamates (subject to hydrolysis) is 1. The number of ether oxygens (including phenoxy) is 1. The third kappa shape index (κ3) is 8.66. The first-order valence-corrected chi connectivity index (χ1v) is 9.70. The van der Waals surface area contributed by atoms with Gasteiger partial charge in [-0.3, -0.25) is 4.99 Å². The minimum Gasteiger partial charge on any atom is -0.444 e. The van der Waals surface area contributed by atoms with Crippen LogP contribution in [-0.4, -0.2) is 41.9 Å². The summed E-state index contributed by atoms with van der Waals surface area (Å²) in [5, 5.41) is 13.6. The van der Waals surface area contributed by atoms with Crippen molar-refractivity contribution in [3.63, 3.8) is 0 Å². The van der Waals surface area contributed by atoms with Crippen LogP contribution in [-0.2, 0) is 17.7 Å². The predicted molar refractivity (Wildman–Crippen MR) is 120 cm³/mol. The average Bonchev–Trinajstić information content (AvgIpc) is 3.06. The second kappa shape index (κ2) is 11.5. The molecular weight excluding hydrogens is 473 g/mol. The Kier molecular flexibility index (Phi) is 10.0. The standard InChI is InChI=1S/C19H33N5O3.HI/c1-6-13-11-16(27-24-13)12-21-17(20-5)22-14-7-9-15(10-8-14)23-18(25)26-19(2,3)4;/h11,14-15H,6-10,12H2,1-5H3,(H,23,25)(H2,20,21,22);1H. The van der Waals surface area contributed by atoms with Crippen molar-refractivity contribution in [1.29, 1.82) is 0 Å². The van der Waals surface area contributed by atoms with Gasteiger partial charge in [0.2, 0.25) is 0 Å². The van der Waals surface area contributed by atoms with Crippen LogP contribution < -0.4 is 16.0 Å². The van der Waals surface area contributed by atoms with Crippen LogP contribution in [0.25, 0.3) is 0 Å². The fourth-order valence-electron chi connectivity index (χ4n) is 3.02. The van der Waals surface area contributed by atoms with Gasteiger partial charge in [-0.15, -0.1) is 24.0 Å². The van der Waals surface area contributed by atoms with E-state index in [9.17, 15) is 4.79 Å². The van der Waals surface area contributed by atoms with E-state index < -0.39 is 5.60 Å². The lowest BCUT2D eigenvalue weighted by atomic mass is 9.91. The monoisotopic (exact) mass is 507 g/mol. The summed E-state index contributed by atoms with van der Waals surface area (Å²) in [4.78, 5) is 16.2. The molecule has 0 bridgehead atoms. The van der Waals surface area contributed by atoms with Gasteiger partial charge in [-0.1, -0.05) is 12.1 Å². The van der Waals surface area contributed by atoms with E-state index in [-0.39, 0.29) is 36.1 Å². The Bertz CT molecular complexity index is 634. The summed E-state index contributed by atoms with van der Waals surface area (Å²) in [6, 6.07) is 2.44. The van der Waals surface area contributed by atoms with Crippen molar-refractivity contribution in [3.05, 3.63) is 17.5 Å². The number of amides is 1. The molecular formula is C19H34IN5O3. The first-order chi connectivity index (χ1) is 12.8. The highest BCUT2D eigenvalue weighted by Crippen LogP contribution is 2.19. The highest BCUT2D eigenvalue weighted by atomic mass is 127. The van der Waals surface area contributed by atoms with Gasteiger partial charge in [-0.05, 0) is 52.9 Å². The first kappa shape index (κ1) is 24.5. The Morgan fingerprint density at radius 2 is 1.86 bits per heavy atom. The molecule has 160 valence electrons. The van der Waals surface area contributed by atoms with Gasteiger partial charge in [0.25, 0.3) is 0 Å². The topological polar surface area (TPSA) is 101 Å². The van der Waals surface area contributed by atoms with E-state index >= 15 is 0 Å². The van der Waals surface area contributed by atoms with Crippen LogP contribution in [0.4, 0.5) is 4.79 Å². The van der Waals surface area contributed by atoms with Crippen LogP contribution in [0.5, 0.6) is 0 Å². The molecule has 1 heterocycles. The van der Waals surface area contributed by atoms with Crippen LogP contribution in [0, 0.1) is 0 Å². The second-order valence-electron chi connectivity index (χ2n) is 7.90. The molecule has 1 fully saturated rings. The molecule has 1 aromatic rings. The van der Waals surface area contributed by atoms with Crippen LogP contribution in [0.3, 0.4) is 0 Å². The summed E-state index contributed by atoms with van der Waals surface area (Å²) >= 11 is 0. The zero-order valence-corrected chi connectivity index (χ0v) is 19.8. The molecule has 1 saturated carbocycles. The molecule has 2 rings (SSSR count). The van der Waals surface area contributed by atoms with Gasteiger partial charge >= 0.3 is 6.09 Å². The van der Waals surface area contributed by atoms with E-state index in [2.05, 4.69) is 26.1 Å². The number of hydrogen-bond acceptors (Lipinski definition) is 5. The van der Waals surface area contributed by atoms with Crippen molar-refractivity contribution in [3.8, 4) is 0 Å². The third-order valence-corrected chi connectivity index (χ3v) is 4.41. The first-order valence-electron chi connectivity index (χ1n) is 9.70. The van der Waals surface area contributed by atoms with Gasteiger partial charge in [0.15, 0.2) is 11.7 Å². The van der Waals surface area contributed by atoms with Crippen molar-refractivity contribution >= 4 is 36.0 Å². The highest BCUT2D eigenvalue weighted by Gasteiger charge is 2.25. The highest BCUT2D eigenvalue weighted by molar-refractivity contribution is 14.0. The van der Waals surface area contributed by atoms with Gasteiger partial charge in [-0.2, -0.15) is 0 Å². The maximum absolute atomic E-state index is 11.9. The van der Waals surface area contributed by atoms with E-state index in [1.165, 1.54) is 0 Å². The molecule has 0 unspecified atom stereocenters. The minimum atomic E-state index is -0.470. The number of nitrogens with one attached hydrogen (secondary N) is 3. The molecule has 1 amide bonds. The van der Waals surface area contributed by atoms with E-state index in [1.54, 1.807) is 7.05 Å². The molecule has 8 nitrogen and oxygen atoms in total. The SMILES string of the molecule is CCc1cc(CNC(=NC)NC2CCC(NC(=O)OC(C)(C)C)CC2)on1.I. The van der Waals surface area contributed by atoms with Crippen molar-refractivity contribution in [1.82, 2.24) is 21.1 Å². The molecule has 0 radical (unpaired) electrons. The van der Waals surface area contributed by atoms with E-state index in [0.717, 1.165) is 49.5 Å². The van der Waals surface area contributed by atoms with Gasteiger partial charge in [0.05, 0.1) is 12.2 Å². The molecule has 0 aliphatic heterocycles. The number of aryl methyl sites for hydroxylation is 1. The third-order valence-electron chi connectivity index (χ3n) is 4.41. The fraction of sp³-hybridized carbons (Fsp3) is 0.737. The molecule has 0 spiro atoms. The zero-order valence-electron chi connectivity index (χ0n) is 17.5. The van der Waals surface area contributed by atoms with E-state index in [1.807, 2.05) is 33.8 Å². The molecule has 1 aliphatic rings. The largest absolute Gasteiger partial charge is 0.444 e. The Morgan fingerprint density at radius 1 is 1.25 bits per heavy atom. The normalized spacial score (nSPS) is 20.1. The van der Waals surface area contributed by atoms with E-state index in [0.29, 0.717) is 12.6 Å². The van der Waals surface area contributed by atoms with Gasteiger partial charge in [0.1, 0.15) is 5.60 Å². The predicted octanol–water partition coefficient (Wildman–Crippen LogP) is 3.36. The number of guanidine groups is 1. The summed E-state index contributed by atoms with van der Waals surface area (Å²) in [5.41, 5.74) is 0.480. The quantitative estimate of drug-likeness (QED) is 0.321. The van der Waals surface area contributed by atoms with Crippen LogP contribution in [0.1, 0.15) is 64.8 Å². The molecule has 0 aromatic carbocycles. The average molecular weight is 507 g/mol. The van der Waals surface area contributed by atoms with Crippen molar-refractivity contribution < 1.29 is 14.1 Å². The van der Waals surface area contributed by atoms with Crippen molar-refractivity contribution in [2.45, 2.75) is 84.0 Å². The van der Waals surface area contributed by atoms with Gasteiger partial charge < -0.3 is 25.2 Å². The summed E-state index contributed by atoms with van der Waals surface area (Å²) in [7, 11) is 1.75. The number of aliphatic imine (C=N–C) groups is 1. The Morgan fingerprint density at radius 3 is 2.36 bits per heavy atom. The van der Waals surface area contributed by atoms with Crippen LogP contribution in [0.15, 0.2) is 15.6 Å². The van der Waals surface area contributed by atoms with Gasteiger partial charge in [-0.25, -0.2) is 4.79 Å². The maximum atomic E-state index is 11.9. The molecule has 0 atom stereocenters. The van der Waals surface area contributed by atoms with Crippen molar-refractivity contribution in [2.75, 3.05) is 7.05 Å². The summed E-state index contributed by atoms with van der Waals surface area (Å²) in [6.07, 6.45) is 4.27. The Balaban J connectivity index is 0.00000392. The lowest BCUT2D eigenvalue weighted by molar-refractivity contribution is 0.0490.